The van der Waals surface area contributed by atoms with E-state index >= 15 is 0 Å². The number of benzene rings is 1. The Balaban J connectivity index is 1.82. The molecule has 1 aliphatic carbocycles. The molecular weight excluding hydrogens is 214 g/mol. The summed E-state index contributed by atoms with van der Waals surface area (Å²) in [6, 6.07) is 8.09. The van der Waals surface area contributed by atoms with Crippen molar-refractivity contribution in [3.8, 4) is 5.75 Å². The second-order valence-corrected chi connectivity index (χ2v) is 4.82. The lowest BCUT2D eigenvalue weighted by Gasteiger charge is -2.17. The van der Waals surface area contributed by atoms with Gasteiger partial charge in [-0.1, -0.05) is 12.1 Å². The van der Waals surface area contributed by atoms with Crippen molar-refractivity contribution in [2.75, 3.05) is 13.7 Å². The summed E-state index contributed by atoms with van der Waals surface area (Å²) in [6.45, 7) is 2.81. The second-order valence-electron chi connectivity index (χ2n) is 4.82. The molecule has 1 saturated carbocycles. The fraction of sp³-hybridized carbons (Fsp3) is 0.571. The van der Waals surface area contributed by atoms with Crippen LogP contribution in [-0.2, 0) is 0 Å². The van der Waals surface area contributed by atoms with E-state index in [2.05, 4.69) is 12.2 Å². The van der Waals surface area contributed by atoms with E-state index in [9.17, 15) is 5.11 Å². The molecule has 2 atom stereocenters. The van der Waals surface area contributed by atoms with Gasteiger partial charge in [0.05, 0.1) is 13.2 Å². The van der Waals surface area contributed by atoms with Gasteiger partial charge in [0.1, 0.15) is 5.75 Å². The molecule has 3 nitrogen and oxygen atoms in total. The van der Waals surface area contributed by atoms with E-state index in [0.717, 1.165) is 17.2 Å². The molecule has 0 heterocycles. The highest BCUT2D eigenvalue weighted by Crippen LogP contribution is 2.32. The first-order valence-corrected chi connectivity index (χ1v) is 6.26. The average Bonchev–Trinajstić information content (AvgIpc) is 3.20. The molecule has 17 heavy (non-hydrogen) atoms. The molecule has 1 fully saturated rings. The molecule has 0 aromatic heterocycles. The largest absolute Gasteiger partial charge is 0.497 e. The van der Waals surface area contributed by atoms with Gasteiger partial charge in [0.25, 0.3) is 0 Å². The number of methoxy groups -OCH3 is 1. The Hall–Kier alpha value is -1.06. The van der Waals surface area contributed by atoms with Crippen molar-refractivity contribution in [1.82, 2.24) is 5.32 Å². The van der Waals surface area contributed by atoms with Crippen LogP contribution >= 0.6 is 0 Å². The van der Waals surface area contributed by atoms with Gasteiger partial charge in [0, 0.05) is 12.6 Å². The highest BCUT2D eigenvalue weighted by molar-refractivity contribution is 5.28. The van der Waals surface area contributed by atoms with Crippen LogP contribution in [0.5, 0.6) is 5.75 Å². The van der Waals surface area contributed by atoms with Gasteiger partial charge in [-0.2, -0.15) is 0 Å². The predicted octanol–water partition coefficient (Wildman–Crippen LogP) is 2.12. The van der Waals surface area contributed by atoms with Crippen molar-refractivity contribution in [2.45, 2.75) is 31.9 Å². The molecule has 1 aromatic carbocycles. The number of rotatable bonds is 6. The van der Waals surface area contributed by atoms with Gasteiger partial charge in [0.2, 0.25) is 0 Å². The maximum atomic E-state index is 10.0. The Morgan fingerprint density at radius 2 is 2.00 bits per heavy atom. The van der Waals surface area contributed by atoms with Gasteiger partial charge in [-0.25, -0.2) is 0 Å². The molecular formula is C14H21NO2. The zero-order chi connectivity index (χ0) is 12.3. The van der Waals surface area contributed by atoms with E-state index in [1.807, 2.05) is 24.3 Å². The summed E-state index contributed by atoms with van der Waals surface area (Å²) >= 11 is 0. The Kier molecular flexibility index (Phi) is 4.02. The first-order chi connectivity index (χ1) is 8.20. The number of hydrogen-bond donors (Lipinski definition) is 2. The summed E-state index contributed by atoms with van der Waals surface area (Å²) in [6.07, 6.45) is 2.21. The SMILES string of the molecule is COc1ccc(C(O)CNC(C)C2CC2)cc1. The highest BCUT2D eigenvalue weighted by atomic mass is 16.5. The minimum absolute atomic E-state index is 0.442. The fourth-order valence-electron chi connectivity index (χ4n) is 2.00. The molecule has 2 unspecified atom stereocenters. The van der Waals surface area contributed by atoms with Gasteiger partial charge in [-0.05, 0) is 43.4 Å². The lowest BCUT2D eigenvalue weighted by molar-refractivity contribution is 0.169. The molecule has 3 heteroatoms. The molecule has 2 rings (SSSR count). The van der Waals surface area contributed by atoms with Crippen LogP contribution < -0.4 is 10.1 Å². The normalized spacial score (nSPS) is 18.8. The minimum Gasteiger partial charge on any atom is -0.497 e. The lowest BCUT2D eigenvalue weighted by atomic mass is 10.1. The number of nitrogens with one attached hydrogen (secondary N) is 1. The highest BCUT2D eigenvalue weighted by Gasteiger charge is 2.27. The summed E-state index contributed by atoms with van der Waals surface area (Å²) in [7, 11) is 1.64. The van der Waals surface area contributed by atoms with Crippen molar-refractivity contribution in [2.24, 2.45) is 5.92 Å². The molecule has 1 aliphatic rings. The molecule has 0 amide bonds. The van der Waals surface area contributed by atoms with Crippen LogP contribution in [0.4, 0.5) is 0 Å². The molecule has 0 bridgehead atoms. The van der Waals surface area contributed by atoms with Gasteiger partial charge >= 0.3 is 0 Å². The Morgan fingerprint density at radius 1 is 1.35 bits per heavy atom. The average molecular weight is 235 g/mol. The Labute approximate surface area is 103 Å². The van der Waals surface area contributed by atoms with Crippen molar-refractivity contribution in [3.63, 3.8) is 0 Å². The maximum Gasteiger partial charge on any atom is 0.118 e. The fourth-order valence-corrected chi connectivity index (χ4v) is 2.00. The molecule has 94 valence electrons. The minimum atomic E-state index is -0.442. The van der Waals surface area contributed by atoms with Crippen molar-refractivity contribution >= 4 is 0 Å². The van der Waals surface area contributed by atoms with E-state index in [4.69, 9.17) is 4.74 Å². The molecule has 1 aromatic rings. The molecule has 2 N–H and O–H groups in total. The molecule has 0 radical (unpaired) electrons. The van der Waals surface area contributed by atoms with E-state index in [0.29, 0.717) is 12.6 Å². The van der Waals surface area contributed by atoms with Gasteiger partial charge in [0.15, 0.2) is 0 Å². The van der Waals surface area contributed by atoms with E-state index in [1.165, 1.54) is 12.8 Å². The first-order valence-electron chi connectivity index (χ1n) is 6.26. The molecule has 0 saturated heterocycles. The number of aliphatic hydroxyl groups is 1. The predicted molar refractivity (Wildman–Crippen MR) is 68.1 cm³/mol. The smallest absolute Gasteiger partial charge is 0.118 e. The quantitative estimate of drug-likeness (QED) is 0.793. The Morgan fingerprint density at radius 3 is 2.53 bits per heavy atom. The summed E-state index contributed by atoms with van der Waals surface area (Å²) in [5.74, 6) is 1.64. The second kappa shape index (κ2) is 5.52. The zero-order valence-corrected chi connectivity index (χ0v) is 10.5. The summed E-state index contributed by atoms with van der Waals surface area (Å²) < 4.78 is 5.09. The number of hydrogen-bond acceptors (Lipinski definition) is 3. The third-order valence-corrected chi connectivity index (χ3v) is 3.46. The van der Waals surface area contributed by atoms with Crippen LogP contribution in [0.3, 0.4) is 0 Å². The van der Waals surface area contributed by atoms with Gasteiger partial charge in [-0.3, -0.25) is 0 Å². The number of aliphatic hydroxyl groups excluding tert-OH is 1. The zero-order valence-electron chi connectivity index (χ0n) is 10.5. The van der Waals surface area contributed by atoms with Crippen LogP contribution in [-0.4, -0.2) is 24.8 Å². The monoisotopic (exact) mass is 235 g/mol. The summed E-state index contributed by atoms with van der Waals surface area (Å²) in [5.41, 5.74) is 0.932. The van der Waals surface area contributed by atoms with Crippen molar-refractivity contribution < 1.29 is 9.84 Å². The third-order valence-electron chi connectivity index (χ3n) is 3.46. The van der Waals surface area contributed by atoms with Gasteiger partial charge < -0.3 is 15.2 Å². The Bertz CT molecular complexity index is 346. The van der Waals surface area contributed by atoms with Crippen LogP contribution in [0.25, 0.3) is 0 Å². The van der Waals surface area contributed by atoms with E-state index in [1.54, 1.807) is 7.11 Å². The summed E-state index contributed by atoms with van der Waals surface area (Å²) in [5, 5.41) is 13.4. The standard InChI is InChI=1S/C14H21NO2/c1-10(11-3-4-11)15-9-14(16)12-5-7-13(17-2)8-6-12/h5-8,10-11,14-16H,3-4,9H2,1-2H3. The van der Waals surface area contributed by atoms with Crippen molar-refractivity contribution in [1.29, 1.82) is 0 Å². The lowest BCUT2D eigenvalue weighted by Crippen LogP contribution is -2.31. The van der Waals surface area contributed by atoms with E-state index < -0.39 is 6.10 Å². The third kappa shape index (κ3) is 3.45. The molecule has 0 spiro atoms. The summed E-state index contributed by atoms with van der Waals surface area (Å²) in [4.78, 5) is 0. The topological polar surface area (TPSA) is 41.5 Å². The van der Waals surface area contributed by atoms with Gasteiger partial charge in [-0.15, -0.1) is 0 Å². The van der Waals surface area contributed by atoms with Crippen LogP contribution in [0, 0.1) is 5.92 Å². The maximum absolute atomic E-state index is 10.0. The van der Waals surface area contributed by atoms with Crippen molar-refractivity contribution in [3.05, 3.63) is 29.8 Å². The number of ether oxygens (including phenoxy) is 1. The first kappa shape index (κ1) is 12.4. The van der Waals surface area contributed by atoms with Crippen LogP contribution in [0.15, 0.2) is 24.3 Å². The van der Waals surface area contributed by atoms with Crippen LogP contribution in [0.2, 0.25) is 0 Å². The van der Waals surface area contributed by atoms with Crippen LogP contribution in [0.1, 0.15) is 31.4 Å². The van der Waals surface area contributed by atoms with E-state index in [-0.39, 0.29) is 0 Å². The molecule has 0 aliphatic heterocycles.